The van der Waals surface area contributed by atoms with Crippen molar-refractivity contribution in [1.29, 1.82) is 0 Å². The normalized spacial score (nSPS) is 12.3. The summed E-state index contributed by atoms with van der Waals surface area (Å²) in [5.74, 6) is 0.867. The zero-order valence-electron chi connectivity index (χ0n) is 12.2. The standard InChI is InChI=1S/C16H23N3O/c1-3-9-19-12-18-10-13(19)11-20-16-8-6-5-7-14(16)15(17)4-2/h5-8,10,12,15H,3-4,9,11,17H2,1-2H3/t15-/m0/s1. The molecule has 0 aliphatic heterocycles. The van der Waals surface area contributed by atoms with Gasteiger partial charge in [-0.25, -0.2) is 4.98 Å². The predicted octanol–water partition coefficient (Wildman–Crippen LogP) is 3.28. The molecule has 0 saturated carbocycles. The van der Waals surface area contributed by atoms with Crippen LogP contribution in [0.3, 0.4) is 0 Å². The molecule has 4 nitrogen and oxygen atoms in total. The fourth-order valence-corrected chi connectivity index (χ4v) is 2.20. The maximum atomic E-state index is 6.12. The first kappa shape index (κ1) is 14.6. The van der Waals surface area contributed by atoms with Crippen molar-refractivity contribution in [3.63, 3.8) is 0 Å². The van der Waals surface area contributed by atoms with E-state index in [9.17, 15) is 0 Å². The summed E-state index contributed by atoms with van der Waals surface area (Å²) in [6, 6.07) is 8.01. The van der Waals surface area contributed by atoms with Gasteiger partial charge in [0.2, 0.25) is 0 Å². The van der Waals surface area contributed by atoms with Gasteiger partial charge in [0.25, 0.3) is 0 Å². The molecule has 0 aliphatic rings. The average molecular weight is 273 g/mol. The molecule has 2 aromatic rings. The van der Waals surface area contributed by atoms with Crippen LogP contribution in [0.15, 0.2) is 36.8 Å². The molecule has 0 bridgehead atoms. The predicted molar refractivity (Wildman–Crippen MR) is 80.5 cm³/mol. The van der Waals surface area contributed by atoms with Crippen molar-refractivity contribution in [2.24, 2.45) is 5.73 Å². The summed E-state index contributed by atoms with van der Waals surface area (Å²) in [5.41, 5.74) is 8.28. The highest BCUT2D eigenvalue weighted by Crippen LogP contribution is 2.26. The molecule has 0 saturated heterocycles. The minimum Gasteiger partial charge on any atom is -0.487 e. The quantitative estimate of drug-likeness (QED) is 0.842. The Bertz CT molecular complexity index is 536. The molecule has 0 fully saturated rings. The summed E-state index contributed by atoms with van der Waals surface area (Å²) in [5, 5.41) is 0. The molecule has 0 unspecified atom stereocenters. The first-order valence-corrected chi connectivity index (χ1v) is 7.22. The Hall–Kier alpha value is -1.81. The van der Waals surface area contributed by atoms with Crippen LogP contribution in [0.1, 0.15) is 44.0 Å². The van der Waals surface area contributed by atoms with Gasteiger partial charge in [-0.05, 0) is 18.9 Å². The number of benzene rings is 1. The van der Waals surface area contributed by atoms with Crippen LogP contribution in [-0.2, 0) is 13.2 Å². The SMILES string of the molecule is CCCn1cncc1COc1ccccc1[C@@H](N)CC. The number of ether oxygens (including phenoxy) is 1. The minimum absolute atomic E-state index is 0.0201. The van der Waals surface area contributed by atoms with E-state index >= 15 is 0 Å². The molecule has 0 spiro atoms. The van der Waals surface area contributed by atoms with Gasteiger partial charge in [0.1, 0.15) is 12.4 Å². The van der Waals surface area contributed by atoms with E-state index in [0.29, 0.717) is 6.61 Å². The number of aryl methyl sites for hydroxylation is 1. The van der Waals surface area contributed by atoms with E-state index in [-0.39, 0.29) is 6.04 Å². The number of rotatable bonds is 7. The first-order chi connectivity index (χ1) is 9.76. The van der Waals surface area contributed by atoms with Crippen LogP contribution >= 0.6 is 0 Å². The Morgan fingerprint density at radius 3 is 2.85 bits per heavy atom. The van der Waals surface area contributed by atoms with Gasteiger partial charge in [0, 0.05) is 18.2 Å². The van der Waals surface area contributed by atoms with Gasteiger partial charge >= 0.3 is 0 Å². The largest absolute Gasteiger partial charge is 0.487 e. The number of para-hydroxylation sites is 1. The highest BCUT2D eigenvalue weighted by atomic mass is 16.5. The van der Waals surface area contributed by atoms with Crippen molar-refractivity contribution in [3.8, 4) is 5.75 Å². The van der Waals surface area contributed by atoms with Crippen molar-refractivity contribution in [3.05, 3.63) is 48.0 Å². The lowest BCUT2D eigenvalue weighted by Gasteiger charge is -2.16. The highest BCUT2D eigenvalue weighted by molar-refractivity contribution is 5.35. The number of hydrogen-bond acceptors (Lipinski definition) is 3. The third-order valence-electron chi connectivity index (χ3n) is 3.40. The number of nitrogens with two attached hydrogens (primary N) is 1. The van der Waals surface area contributed by atoms with Crippen molar-refractivity contribution in [1.82, 2.24) is 9.55 Å². The summed E-state index contributed by atoms with van der Waals surface area (Å²) in [6.45, 7) is 5.72. The van der Waals surface area contributed by atoms with Crippen molar-refractivity contribution >= 4 is 0 Å². The fourth-order valence-electron chi connectivity index (χ4n) is 2.20. The van der Waals surface area contributed by atoms with Crippen LogP contribution in [-0.4, -0.2) is 9.55 Å². The van der Waals surface area contributed by atoms with Gasteiger partial charge in [-0.1, -0.05) is 32.0 Å². The lowest BCUT2D eigenvalue weighted by Crippen LogP contribution is -2.11. The Morgan fingerprint density at radius 2 is 2.10 bits per heavy atom. The average Bonchev–Trinajstić information content (AvgIpc) is 2.92. The van der Waals surface area contributed by atoms with E-state index in [1.807, 2.05) is 36.8 Å². The van der Waals surface area contributed by atoms with Gasteiger partial charge in [0.05, 0.1) is 18.2 Å². The maximum Gasteiger partial charge on any atom is 0.130 e. The summed E-state index contributed by atoms with van der Waals surface area (Å²) in [7, 11) is 0. The Kier molecular flexibility index (Phi) is 5.18. The van der Waals surface area contributed by atoms with E-state index < -0.39 is 0 Å². The van der Waals surface area contributed by atoms with E-state index in [0.717, 1.165) is 36.4 Å². The zero-order chi connectivity index (χ0) is 14.4. The van der Waals surface area contributed by atoms with E-state index in [1.54, 1.807) is 0 Å². The fraction of sp³-hybridized carbons (Fsp3) is 0.438. The lowest BCUT2D eigenvalue weighted by atomic mass is 10.0. The van der Waals surface area contributed by atoms with E-state index in [4.69, 9.17) is 10.5 Å². The molecule has 0 aliphatic carbocycles. The first-order valence-electron chi connectivity index (χ1n) is 7.22. The van der Waals surface area contributed by atoms with Crippen molar-refractivity contribution in [2.45, 2.75) is 45.9 Å². The molecule has 2 rings (SSSR count). The molecule has 4 heteroatoms. The lowest BCUT2D eigenvalue weighted by molar-refractivity contribution is 0.289. The van der Waals surface area contributed by atoms with Gasteiger partial charge in [-0.2, -0.15) is 0 Å². The third-order valence-corrected chi connectivity index (χ3v) is 3.40. The molecule has 1 aromatic heterocycles. The molecule has 1 atom stereocenters. The second-order valence-electron chi connectivity index (χ2n) is 4.92. The number of aromatic nitrogens is 2. The second-order valence-corrected chi connectivity index (χ2v) is 4.92. The van der Waals surface area contributed by atoms with E-state index in [2.05, 4.69) is 23.4 Å². The Labute approximate surface area is 120 Å². The van der Waals surface area contributed by atoms with Gasteiger partial charge in [-0.3, -0.25) is 0 Å². The molecule has 0 amide bonds. The minimum atomic E-state index is 0.0201. The van der Waals surface area contributed by atoms with Crippen LogP contribution < -0.4 is 10.5 Å². The monoisotopic (exact) mass is 273 g/mol. The topological polar surface area (TPSA) is 53.1 Å². The summed E-state index contributed by atoms with van der Waals surface area (Å²) in [4.78, 5) is 4.19. The Balaban J connectivity index is 2.09. The summed E-state index contributed by atoms with van der Waals surface area (Å²) < 4.78 is 8.08. The highest BCUT2D eigenvalue weighted by Gasteiger charge is 2.10. The molecular weight excluding hydrogens is 250 g/mol. The molecule has 108 valence electrons. The number of nitrogens with zero attached hydrogens (tertiary/aromatic N) is 2. The maximum absolute atomic E-state index is 6.12. The molecule has 1 heterocycles. The zero-order valence-corrected chi connectivity index (χ0v) is 12.2. The van der Waals surface area contributed by atoms with Crippen LogP contribution in [0.5, 0.6) is 5.75 Å². The number of hydrogen-bond donors (Lipinski definition) is 1. The second kappa shape index (κ2) is 7.10. The van der Waals surface area contributed by atoms with Crippen LogP contribution in [0.2, 0.25) is 0 Å². The summed E-state index contributed by atoms with van der Waals surface area (Å²) >= 11 is 0. The van der Waals surface area contributed by atoms with Gasteiger partial charge in [-0.15, -0.1) is 0 Å². The summed E-state index contributed by atoms with van der Waals surface area (Å²) in [6.07, 6.45) is 5.69. The van der Waals surface area contributed by atoms with Gasteiger partial charge < -0.3 is 15.0 Å². The molecule has 1 aromatic carbocycles. The van der Waals surface area contributed by atoms with E-state index in [1.165, 1.54) is 0 Å². The van der Waals surface area contributed by atoms with Crippen LogP contribution in [0.25, 0.3) is 0 Å². The third kappa shape index (κ3) is 3.39. The van der Waals surface area contributed by atoms with Crippen molar-refractivity contribution in [2.75, 3.05) is 0 Å². The number of imidazole rings is 1. The molecular formula is C16H23N3O. The van der Waals surface area contributed by atoms with Crippen LogP contribution in [0.4, 0.5) is 0 Å². The smallest absolute Gasteiger partial charge is 0.130 e. The molecule has 2 N–H and O–H groups in total. The van der Waals surface area contributed by atoms with Crippen molar-refractivity contribution < 1.29 is 4.74 Å². The van der Waals surface area contributed by atoms with Crippen LogP contribution in [0, 0.1) is 0 Å². The molecule has 20 heavy (non-hydrogen) atoms. The Morgan fingerprint density at radius 1 is 1.30 bits per heavy atom. The molecule has 0 radical (unpaired) electrons. The van der Waals surface area contributed by atoms with Gasteiger partial charge in [0.15, 0.2) is 0 Å².